The number of amides is 1. The van der Waals surface area contributed by atoms with Crippen LogP contribution in [-0.4, -0.2) is 35.7 Å². The number of allylic oxidation sites excluding steroid dienone is 1. The van der Waals surface area contributed by atoms with Crippen LogP contribution in [0, 0.1) is 6.92 Å². The first-order valence-electron chi connectivity index (χ1n) is 12.6. The first kappa shape index (κ1) is 27.7. The van der Waals surface area contributed by atoms with Gasteiger partial charge >= 0.3 is 0 Å². The first-order valence-corrected chi connectivity index (χ1v) is 14.3. The summed E-state index contributed by atoms with van der Waals surface area (Å²) in [6.07, 6.45) is 8.91. The molecule has 37 heavy (non-hydrogen) atoms. The second kappa shape index (κ2) is 13.5. The molecule has 6 nitrogen and oxygen atoms in total. The minimum absolute atomic E-state index is 0.0442. The van der Waals surface area contributed by atoms with Gasteiger partial charge in [-0.3, -0.25) is 4.79 Å². The largest absolute Gasteiger partial charge is 0.486 e. The molecule has 2 heterocycles. The van der Waals surface area contributed by atoms with Gasteiger partial charge in [-0.15, -0.1) is 11.3 Å². The molecule has 1 amide bonds. The summed E-state index contributed by atoms with van der Waals surface area (Å²) in [6, 6.07) is 7.07. The third-order valence-electron chi connectivity index (χ3n) is 6.47. The number of hydrogen-bond acceptors (Lipinski definition) is 5. The van der Waals surface area contributed by atoms with Crippen LogP contribution < -0.4 is 10.1 Å². The van der Waals surface area contributed by atoms with Gasteiger partial charge in [0.15, 0.2) is 0 Å². The van der Waals surface area contributed by atoms with E-state index in [0.29, 0.717) is 41.1 Å². The summed E-state index contributed by atoms with van der Waals surface area (Å²) < 4.78 is 13.3. The van der Waals surface area contributed by atoms with Gasteiger partial charge in [-0.2, -0.15) is 0 Å². The molecule has 0 atom stereocenters. The van der Waals surface area contributed by atoms with E-state index in [2.05, 4.69) is 16.0 Å². The molecule has 1 N–H and O–H groups in total. The van der Waals surface area contributed by atoms with E-state index in [9.17, 15) is 4.79 Å². The molecule has 2 aromatic heterocycles. The number of nitrogens with zero attached hydrogens (tertiary/aromatic N) is 2. The van der Waals surface area contributed by atoms with Gasteiger partial charge < -0.3 is 19.4 Å². The Kier molecular flexibility index (Phi) is 10.1. The van der Waals surface area contributed by atoms with E-state index in [4.69, 9.17) is 37.7 Å². The number of benzene rings is 1. The number of carbonyl (C=O) groups excluding carboxylic acids is 1. The topological polar surface area (TPSA) is 65.4 Å². The molecular weight excluding hydrogens is 529 g/mol. The lowest BCUT2D eigenvalue weighted by atomic mass is 9.97. The van der Waals surface area contributed by atoms with Crippen molar-refractivity contribution in [1.29, 1.82) is 0 Å². The van der Waals surface area contributed by atoms with Crippen LogP contribution in [0.1, 0.15) is 59.6 Å². The van der Waals surface area contributed by atoms with Crippen LogP contribution in [-0.2, 0) is 17.9 Å². The van der Waals surface area contributed by atoms with E-state index in [1.54, 1.807) is 25.3 Å². The second-order valence-corrected chi connectivity index (χ2v) is 11.0. The fourth-order valence-corrected chi connectivity index (χ4v) is 5.76. The highest BCUT2D eigenvalue weighted by Gasteiger charge is 2.20. The molecule has 0 unspecified atom stereocenters. The minimum Gasteiger partial charge on any atom is -0.486 e. The average molecular weight is 563 g/mol. The van der Waals surface area contributed by atoms with Gasteiger partial charge in [0.25, 0.3) is 5.91 Å². The highest BCUT2D eigenvalue weighted by molar-refractivity contribution is 7.09. The standard InChI is InChI=1S/C28H33Cl2N3O3S/c1-19-24(28(34)31-10-9-20-7-4-3-5-8-20)16-26(33(19)11-6-12-35-2)25-18-37-27(32-25)17-36-23-14-21(29)13-22(30)15-23/h7,13-16,18H,3-6,8-12,17H2,1-2H3,(H,31,34). The van der Waals surface area contributed by atoms with E-state index in [1.807, 2.05) is 18.4 Å². The van der Waals surface area contributed by atoms with Crippen LogP contribution >= 0.6 is 34.5 Å². The molecule has 0 saturated heterocycles. The molecule has 0 spiro atoms. The van der Waals surface area contributed by atoms with E-state index in [1.165, 1.54) is 29.8 Å². The Morgan fingerprint density at radius 2 is 2.00 bits per heavy atom. The van der Waals surface area contributed by atoms with Crippen LogP contribution in [0.4, 0.5) is 0 Å². The van der Waals surface area contributed by atoms with Gasteiger partial charge in [-0.1, -0.05) is 34.9 Å². The van der Waals surface area contributed by atoms with E-state index >= 15 is 0 Å². The Morgan fingerprint density at radius 3 is 2.73 bits per heavy atom. The Hall–Kier alpha value is -2.32. The summed E-state index contributed by atoms with van der Waals surface area (Å²) in [7, 11) is 1.70. The predicted molar refractivity (Wildman–Crippen MR) is 151 cm³/mol. The van der Waals surface area contributed by atoms with Crippen LogP contribution in [0.25, 0.3) is 11.4 Å². The predicted octanol–water partition coefficient (Wildman–Crippen LogP) is 7.46. The van der Waals surface area contributed by atoms with Crippen LogP contribution in [0.5, 0.6) is 5.75 Å². The number of rotatable bonds is 12. The van der Waals surface area contributed by atoms with Crippen molar-refractivity contribution in [1.82, 2.24) is 14.9 Å². The number of carbonyl (C=O) groups is 1. The lowest BCUT2D eigenvalue weighted by Crippen LogP contribution is -2.25. The van der Waals surface area contributed by atoms with Crippen LogP contribution in [0.3, 0.4) is 0 Å². The number of hydrogen-bond donors (Lipinski definition) is 1. The van der Waals surface area contributed by atoms with Crippen molar-refractivity contribution in [3.8, 4) is 17.1 Å². The van der Waals surface area contributed by atoms with Gasteiger partial charge in [0.2, 0.25) is 0 Å². The van der Waals surface area contributed by atoms with Gasteiger partial charge in [-0.05, 0) is 69.7 Å². The van der Waals surface area contributed by atoms with Crippen molar-refractivity contribution in [2.24, 2.45) is 0 Å². The van der Waals surface area contributed by atoms with Gasteiger partial charge in [-0.25, -0.2) is 4.98 Å². The molecule has 0 fully saturated rings. The Bertz CT molecular complexity index is 1230. The highest BCUT2D eigenvalue weighted by atomic mass is 35.5. The van der Waals surface area contributed by atoms with Crippen LogP contribution in [0.2, 0.25) is 10.0 Å². The molecule has 1 aliphatic carbocycles. The molecule has 1 aliphatic rings. The maximum absolute atomic E-state index is 13.1. The minimum atomic E-state index is -0.0442. The molecule has 9 heteroatoms. The van der Waals surface area contributed by atoms with Crippen molar-refractivity contribution < 1.29 is 14.3 Å². The Morgan fingerprint density at radius 1 is 1.19 bits per heavy atom. The summed E-state index contributed by atoms with van der Waals surface area (Å²) in [5.41, 5.74) is 4.81. The van der Waals surface area contributed by atoms with E-state index in [0.717, 1.165) is 54.3 Å². The van der Waals surface area contributed by atoms with Crippen molar-refractivity contribution in [3.05, 3.63) is 67.6 Å². The summed E-state index contributed by atoms with van der Waals surface area (Å²) in [4.78, 5) is 17.9. The summed E-state index contributed by atoms with van der Waals surface area (Å²) >= 11 is 13.7. The zero-order valence-corrected chi connectivity index (χ0v) is 23.6. The number of thiazole rings is 1. The van der Waals surface area contributed by atoms with Crippen LogP contribution in [0.15, 0.2) is 41.3 Å². The Balaban J connectivity index is 1.48. The number of methoxy groups -OCH3 is 1. The van der Waals surface area contributed by atoms with Gasteiger partial charge in [0.1, 0.15) is 17.4 Å². The van der Waals surface area contributed by atoms with Crippen molar-refractivity contribution in [3.63, 3.8) is 0 Å². The molecule has 198 valence electrons. The van der Waals surface area contributed by atoms with Gasteiger partial charge in [0.05, 0.1) is 17.0 Å². The molecule has 1 aromatic carbocycles. The zero-order valence-electron chi connectivity index (χ0n) is 21.3. The number of nitrogens with one attached hydrogen (secondary N) is 1. The lowest BCUT2D eigenvalue weighted by Gasteiger charge is -2.13. The first-order chi connectivity index (χ1) is 17.9. The average Bonchev–Trinajstić information content (AvgIpc) is 3.47. The molecule has 3 aromatic rings. The maximum Gasteiger partial charge on any atom is 0.253 e. The van der Waals surface area contributed by atoms with Crippen molar-refractivity contribution >= 4 is 40.4 Å². The molecule has 4 rings (SSSR count). The highest BCUT2D eigenvalue weighted by Crippen LogP contribution is 2.29. The zero-order chi connectivity index (χ0) is 26.2. The van der Waals surface area contributed by atoms with Crippen molar-refractivity contribution in [2.45, 2.75) is 58.6 Å². The summed E-state index contributed by atoms with van der Waals surface area (Å²) in [5, 5.41) is 6.99. The monoisotopic (exact) mass is 561 g/mol. The fraction of sp³-hybridized carbons (Fsp3) is 0.429. The molecule has 0 radical (unpaired) electrons. The summed E-state index contributed by atoms with van der Waals surface area (Å²) in [6.45, 7) is 4.33. The fourth-order valence-electron chi connectivity index (χ4n) is 4.56. The smallest absolute Gasteiger partial charge is 0.253 e. The quantitative estimate of drug-likeness (QED) is 0.184. The number of aromatic nitrogens is 2. The molecule has 0 aliphatic heterocycles. The SMILES string of the molecule is COCCCn1c(-c2csc(COc3cc(Cl)cc(Cl)c3)n2)cc(C(=O)NCCC2=CCCCC2)c1C. The van der Waals surface area contributed by atoms with E-state index in [-0.39, 0.29) is 5.91 Å². The second-order valence-electron chi connectivity index (χ2n) is 9.16. The molecule has 0 bridgehead atoms. The molecular formula is C28H33Cl2N3O3S. The normalized spacial score (nSPS) is 13.5. The number of ether oxygens (including phenoxy) is 2. The summed E-state index contributed by atoms with van der Waals surface area (Å²) in [5.74, 6) is 0.549. The van der Waals surface area contributed by atoms with Crippen molar-refractivity contribution in [2.75, 3.05) is 20.3 Å². The van der Waals surface area contributed by atoms with Gasteiger partial charge in [0, 0.05) is 47.9 Å². The number of halogens is 2. The maximum atomic E-state index is 13.1. The third kappa shape index (κ3) is 7.60. The third-order valence-corrected chi connectivity index (χ3v) is 7.73. The lowest BCUT2D eigenvalue weighted by molar-refractivity contribution is 0.0953. The van der Waals surface area contributed by atoms with E-state index < -0.39 is 0 Å². The Labute approximate surface area is 232 Å². The molecule has 0 saturated carbocycles.